The quantitative estimate of drug-likeness (QED) is 0.209. The third kappa shape index (κ3) is 19.9. The molecule has 2 atom stereocenters. The molecule has 3 radical (unpaired) electrons. The van der Waals surface area contributed by atoms with Crippen LogP contribution in [0, 0.1) is 22.3 Å². The first-order valence-corrected chi connectivity index (χ1v) is 21.6. The number of amides is 3. The van der Waals surface area contributed by atoms with Crippen molar-refractivity contribution in [1.29, 1.82) is 10.5 Å². The maximum atomic E-state index is 10.9. The first-order chi connectivity index (χ1) is 21.2. The number of hydrogen-bond acceptors (Lipinski definition) is 9. The molecule has 3 heterocycles. The van der Waals surface area contributed by atoms with Gasteiger partial charge >= 0.3 is 0 Å². The summed E-state index contributed by atoms with van der Waals surface area (Å²) in [4.78, 5) is 53.5. The second-order valence-electron chi connectivity index (χ2n) is 13.8. The maximum absolute atomic E-state index is 10.9. The molecule has 0 aromatic carbocycles. The fraction of sp³-hybridized carbons (Fsp3) is 0.500. The molecule has 1 unspecified atom stereocenters. The van der Waals surface area contributed by atoms with Gasteiger partial charge in [0.2, 0.25) is 0 Å². The van der Waals surface area contributed by atoms with Crippen molar-refractivity contribution < 1.29 is 195 Å². The van der Waals surface area contributed by atoms with Crippen LogP contribution >= 0.6 is 0 Å². The third-order valence-corrected chi connectivity index (χ3v) is 8.75. The number of aliphatic hydroxyl groups excluding tert-OH is 1. The van der Waals surface area contributed by atoms with Gasteiger partial charge in [0.25, 0.3) is 0 Å². The number of allylic oxidation sites excluding steroid dienone is 3. The van der Waals surface area contributed by atoms with Crippen LogP contribution < -0.4 is 0 Å². The molecule has 6 aliphatic rings. The van der Waals surface area contributed by atoms with Crippen molar-refractivity contribution in [3.8, 4) is 11.8 Å². The summed E-state index contributed by atoms with van der Waals surface area (Å²) in [5, 5.41) is 38.4. The summed E-state index contributed by atoms with van der Waals surface area (Å²) < 4.78 is 5.88. The van der Waals surface area contributed by atoms with E-state index in [2.05, 4.69) is 27.7 Å². The van der Waals surface area contributed by atoms with Gasteiger partial charge in [-0.25, -0.2) is 5.26 Å². The minimum absolute atomic E-state index is 0. The monoisotopic (exact) mass is 1510 g/mol. The number of nitrogens with zero attached hydrogens (tertiary/aromatic N) is 5. The molecule has 3 saturated heterocycles. The van der Waals surface area contributed by atoms with E-state index in [-0.39, 0.29) is 218 Å². The number of ketones is 2. The molecule has 54 heavy (non-hydrogen) atoms. The molecule has 3 aliphatic heterocycles. The van der Waals surface area contributed by atoms with Gasteiger partial charge in [0.15, 0.2) is 33.6 Å². The van der Waals surface area contributed by atoms with Crippen LogP contribution in [0.5, 0.6) is 0 Å². The van der Waals surface area contributed by atoms with E-state index in [1.165, 1.54) is 24.3 Å². The molecule has 3 amide bonds. The van der Waals surface area contributed by atoms with Crippen molar-refractivity contribution >= 4 is 45.7 Å². The standard InChI is InChI=1S/C12H16N2O2Si.C8H9NO3.C8H7NO2.C4H9NSi.2CH4.3W.3Y/c1-17(2,3)16-12(9-13)6-4-11(5-7-12)8-10(15)14-11;10-5-1-2-8(6(11)3-5)4-7(12)9-8;10-6-1-3-8(4-2-6)5-7(11)9-8;1-6(2,3)4-5;;;;;;;;/h4-7H,8H2,1-3H3,(H,14,15);1-2,6,11H,3-4H2,(H,9,12);1-4H,5H2,(H,9,11);1-3H3;2*1H4;;;;;;/p-3/t;6-,8?;;;;;;;;;;/m.1........../s1. The maximum Gasteiger partial charge on any atom is 0.186 e. The van der Waals surface area contributed by atoms with Gasteiger partial charge in [0.1, 0.15) is 6.07 Å². The minimum atomic E-state index is -1.81. The Hall–Kier alpha value is 1.16. The number of rotatable bonds is 2. The van der Waals surface area contributed by atoms with E-state index in [9.17, 15) is 34.3 Å². The number of aliphatic hydroxyl groups is 1. The predicted molar refractivity (Wildman–Crippen MR) is 189 cm³/mol. The zero-order chi connectivity index (χ0) is 34.6. The molecule has 12 nitrogen and oxygen atoms in total. The Morgan fingerprint density at radius 1 is 0.685 bits per heavy atom. The third-order valence-electron chi connectivity index (χ3n) is 7.13. The average molecular weight is 1510 g/mol. The Morgan fingerprint density at radius 3 is 1.35 bits per heavy atom. The summed E-state index contributed by atoms with van der Waals surface area (Å²) in [5.74, 6) is -0.524. The Bertz CT molecular complexity index is 1510. The van der Waals surface area contributed by atoms with Gasteiger partial charge in [-0.3, -0.25) is 9.59 Å². The zero-order valence-electron chi connectivity index (χ0n) is 29.8. The molecule has 3 fully saturated rings. The molecule has 3 spiro atoms. The van der Waals surface area contributed by atoms with E-state index in [1.807, 2.05) is 39.3 Å². The summed E-state index contributed by atoms with van der Waals surface area (Å²) in [6, 6.07) is 2.18. The van der Waals surface area contributed by atoms with E-state index in [0.29, 0.717) is 12.8 Å². The van der Waals surface area contributed by atoms with Crippen LogP contribution in [0.2, 0.25) is 39.3 Å². The summed E-state index contributed by atoms with van der Waals surface area (Å²) >= 11 is 0. The van der Waals surface area contributed by atoms with Crippen LogP contribution in [0.4, 0.5) is 0 Å². The smallest absolute Gasteiger partial charge is 0.186 e. The molecule has 0 bridgehead atoms. The summed E-state index contributed by atoms with van der Waals surface area (Å²) in [6.07, 6.45) is 16.5. The molecule has 0 aromatic rings. The van der Waals surface area contributed by atoms with Gasteiger partial charge in [-0.1, -0.05) is 81.5 Å². The minimum Gasteiger partial charge on any atom is -0.643 e. The van der Waals surface area contributed by atoms with E-state index in [0.717, 1.165) is 0 Å². The Balaban J connectivity index is -0.000000142. The van der Waals surface area contributed by atoms with Crippen LogP contribution in [0.3, 0.4) is 0 Å². The molecule has 0 saturated carbocycles. The molecule has 287 valence electrons. The van der Waals surface area contributed by atoms with Crippen molar-refractivity contribution in [1.82, 2.24) is 0 Å². The van der Waals surface area contributed by atoms with Gasteiger partial charge < -0.3 is 39.9 Å². The van der Waals surface area contributed by atoms with Gasteiger partial charge in [0, 0.05) is 173 Å². The molecule has 6 rings (SSSR count). The fourth-order valence-electron chi connectivity index (χ4n) is 4.73. The first-order valence-electron chi connectivity index (χ1n) is 14.7. The molecular weight excluding hydrogens is 1460 g/mol. The SMILES string of the molecule is C.C.C[Si](C)(C)C#N.C[Si](C)(C)OC1(C#N)C=CC2(C=C1)CC(=O)[N-]2.O=C1C=CC2(C=C1)CC(=O)[N-]2.O=C1C=CC2(CC(=O)[N-]2)[C@H](O)C1.[W].[W].[W].[Y].[Y].[Y]. The molecule has 0 aromatic heterocycles. The Morgan fingerprint density at radius 2 is 1.06 bits per heavy atom. The zero-order valence-corrected chi connectivity index (χ0v) is 49.1. The van der Waals surface area contributed by atoms with E-state index in [4.69, 9.17) is 9.69 Å². The van der Waals surface area contributed by atoms with Crippen LogP contribution in [-0.2, 0) is 190 Å². The number of nitriles is 2. The first kappa shape index (κ1) is 67.0. The number of carbonyl (C=O) groups excluding carboxylic acids is 5. The van der Waals surface area contributed by atoms with Crippen LogP contribution in [0.1, 0.15) is 40.5 Å². The second-order valence-corrected chi connectivity index (χ2v) is 22.9. The van der Waals surface area contributed by atoms with Crippen molar-refractivity contribution in [3.63, 3.8) is 0 Å². The number of hydrogen-bond donors (Lipinski definition) is 1. The van der Waals surface area contributed by atoms with Crippen molar-refractivity contribution in [2.45, 2.75) is 108 Å². The van der Waals surface area contributed by atoms with Crippen LogP contribution in [0.15, 0.2) is 60.8 Å². The molecule has 20 heteroatoms. The summed E-state index contributed by atoms with van der Waals surface area (Å²) in [7, 11) is -3.14. The van der Waals surface area contributed by atoms with E-state index >= 15 is 0 Å². The van der Waals surface area contributed by atoms with Gasteiger partial charge in [-0.15, -0.1) is 0 Å². The fourth-order valence-corrected chi connectivity index (χ4v) is 5.92. The van der Waals surface area contributed by atoms with E-state index in [1.54, 1.807) is 36.5 Å². The average Bonchev–Trinajstić information content (AvgIpc) is 2.91. The summed E-state index contributed by atoms with van der Waals surface area (Å²) in [5.41, 5.74) is -0.451. The molecule has 3 aliphatic carbocycles. The van der Waals surface area contributed by atoms with Crippen LogP contribution in [0.25, 0.3) is 16.0 Å². The number of β-lactam (4-membered cyclic amide) rings is 3. The molecule has 1 N–H and O–H groups in total. The van der Waals surface area contributed by atoms with Gasteiger partial charge in [0.05, 0.1) is 23.8 Å². The normalized spacial score (nSPS) is 26.2. The topological polar surface area (TPSA) is 205 Å². The second kappa shape index (κ2) is 27.1. The Labute approximate surface area is 441 Å². The van der Waals surface area contributed by atoms with Crippen molar-refractivity contribution in [3.05, 3.63) is 76.7 Å². The van der Waals surface area contributed by atoms with Crippen molar-refractivity contribution in [2.75, 3.05) is 0 Å². The van der Waals surface area contributed by atoms with Gasteiger partial charge in [-0.2, -0.15) is 5.26 Å². The largest absolute Gasteiger partial charge is 0.643 e. The van der Waals surface area contributed by atoms with E-state index < -0.39 is 44.7 Å². The Kier molecular flexibility index (Phi) is 33.6. The number of carbonyl (C=O) groups is 5. The van der Waals surface area contributed by atoms with Crippen LogP contribution in [-0.4, -0.2) is 79.1 Å². The van der Waals surface area contributed by atoms with Crippen molar-refractivity contribution in [2.24, 2.45) is 0 Å². The van der Waals surface area contributed by atoms with Gasteiger partial charge in [-0.05, 0) is 69.3 Å². The molecular formula is C34H46N5O7Si2W3Y3-3. The predicted octanol–water partition coefficient (Wildman–Crippen LogP) is 5.56. The summed E-state index contributed by atoms with van der Waals surface area (Å²) in [6.45, 7) is 12.2.